The number of hydrogen-bond donors (Lipinski definition) is 1. The van der Waals surface area contributed by atoms with E-state index >= 15 is 0 Å². The summed E-state index contributed by atoms with van der Waals surface area (Å²) in [7, 11) is 0. The minimum atomic E-state index is -0.490. The summed E-state index contributed by atoms with van der Waals surface area (Å²) in [6.07, 6.45) is 0. The molecule has 1 saturated heterocycles. The van der Waals surface area contributed by atoms with Gasteiger partial charge in [-0.1, -0.05) is 0 Å². The fourth-order valence-electron chi connectivity index (χ4n) is 2.93. The van der Waals surface area contributed by atoms with E-state index in [9.17, 15) is 8.78 Å². The molecule has 2 aliphatic heterocycles. The lowest BCUT2D eigenvalue weighted by Gasteiger charge is -2.29. The van der Waals surface area contributed by atoms with E-state index in [1.165, 1.54) is 18.2 Å². The van der Waals surface area contributed by atoms with Crippen LogP contribution in [-0.4, -0.2) is 18.3 Å². The Morgan fingerprint density at radius 3 is 2.55 bits per heavy atom. The van der Waals surface area contributed by atoms with Crippen molar-refractivity contribution in [1.82, 2.24) is 0 Å². The van der Waals surface area contributed by atoms with Gasteiger partial charge in [0.1, 0.15) is 24.0 Å². The molecule has 22 heavy (non-hydrogen) atoms. The third kappa shape index (κ3) is 2.01. The molecule has 5 heteroatoms. The molecule has 0 atom stereocenters. The quantitative estimate of drug-likeness (QED) is 0.926. The first-order valence-corrected chi connectivity index (χ1v) is 7.14. The number of ether oxygens (including phenoxy) is 2. The highest BCUT2D eigenvalue weighted by molar-refractivity contribution is 5.76. The van der Waals surface area contributed by atoms with Crippen LogP contribution in [0, 0.1) is 11.6 Å². The fourth-order valence-corrected chi connectivity index (χ4v) is 2.93. The van der Waals surface area contributed by atoms with Crippen molar-refractivity contribution < 1.29 is 23.4 Å². The molecule has 2 aromatic rings. The van der Waals surface area contributed by atoms with Crippen LogP contribution in [0.5, 0.6) is 5.75 Å². The van der Waals surface area contributed by atoms with Gasteiger partial charge in [0, 0.05) is 22.6 Å². The minimum absolute atomic E-state index is 0.0538. The molecule has 0 aliphatic carbocycles. The first kappa shape index (κ1) is 13.7. The first-order chi connectivity index (χ1) is 10.7. The Kier molecular flexibility index (Phi) is 3.13. The van der Waals surface area contributed by atoms with E-state index < -0.39 is 5.82 Å². The number of benzene rings is 2. The van der Waals surface area contributed by atoms with Crippen LogP contribution in [0.2, 0.25) is 0 Å². The Morgan fingerprint density at radius 2 is 1.86 bits per heavy atom. The van der Waals surface area contributed by atoms with Gasteiger partial charge in [0.05, 0.1) is 19.8 Å². The van der Waals surface area contributed by atoms with Gasteiger partial charge in [-0.05, 0) is 35.4 Å². The molecule has 1 N–H and O–H groups in total. The summed E-state index contributed by atoms with van der Waals surface area (Å²) in [6.45, 7) is 0.869. The zero-order chi connectivity index (χ0) is 15.3. The molecular formula is C17H14F2O3. The van der Waals surface area contributed by atoms with Gasteiger partial charge >= 0.3 is 0 Å². The zero-order valence-electron chi connectivity index (χ0n) is 11.7. The topological polar surface area (TPSA) is 38.7 Å². The van der Waals surface area contributed by atoms with Gasteiger partial charge in [0.2, 0.25) is 0 Å². The Balaban J connectivity index is 1.87. The molecule has 0 spiro atoms. The van der Waals surface area contributed by atoms with Gasteiger partial charge in [-0.15, -0.1) is 0 Å². The SMILES string of the molecule is OCc1cc2c(cc1F)-c1cc(C3COC3)c(F)cc1CO2. The molecule has 0 saturated carbocycles. The van der Waals surface area contributed by atoms with E-state index in [-0.39, 0.29) is 30.5 Å². The second-order valence-electron chi connectivity index (χ2n) is 5.65. The normalized spacial score (nSPS) is 16.5. The Morgan fingerprint density at radius 1 is 1.05 bits per heavy atom. The van der Waals surface area contributed by atoms with Crippen LogP contribution in [0.15, 0.2) is 24.3 Å². The smallest absolute Gasteiger partial charge is 0.129 e. The van der Waals surface area contributed by atoms with Crippen molar-refractivity contribution in [3.05, 3.63) is 52.6 Å². The number of rotatable bonds is 2. The Hall–Kier alpha value is -1.98. The molecule has 0 unspecified atom stereocenters. The molecule has 2 aliphatic rings. The van der Waals surface area contributed by atoms with E-state index in [1.54, 1.807) is 6.07 Å². The second-order valence-corrected chi connectivity index (χ2v) is 5.65. The maximum absolute atomic E-state index is 14.2. The van der Waals surface area contributed by atoms with E-state index in [0.29, 0.717) is 35.7 Å². The minimum Gasteiger partial charge on any atom is -0.488 e. The molecule has 2 aromatic carbocycles. The van der Waals surface area contributed by atoms with Crippen LogP contribution >= 0.6 is 0 Å². The van der Waals surface area contributed by atoms with E-state index in [1.807, 2.05) is 0 Å². The van der Waals surface area contributed by atoms with Gasteiger partial charge in [0.25, 0.3) is 0 Å². The molecule has 0 aromatic heterocycles. The first-order valence-electron chi connectivity index (χ1n) is 7.14. The molecular weight excluding hydrogens is 290 g/mol. The summed E-state index contributed by atoms with van der Waals surface area (Å²) in [5.74, 6) is -0.194. The Bertz CT molecular complexity index is 754. The third-order valence-electron chi connectivity index (χ3n) is 4.29. The summed E-state index contributed by atoms with van der Waals surface area (Å²) in [5, 5.41) is 9.15. The molecule has 114 valence electrons. The molecule has 0 bridgehead atoms. The molecule has 2 heterocycles. The van der Waals surface area contributed by atoms with Crippen LogP contribution in [-0.2, 0) is 18.0 Å². The monoisotopic (exact) mass is 304 g/mol. The summed E-state index contributed by atoms with van der Waals surface area (Å²) >= 11 is 0. The molecule has 0 amide bonds. The fraction of sp³-hybridized carbons (Fsp3) is 0.294. The Labute approximate surface area is 126 Å². The van der Waals surface area contributed by atoms with Crippen molar-refractivity contribution in [2.24, 2.45) is 0 Å². The third-order valence-corrected chi connectivity index (χ3v) is 4.29. The number of hydrogen-bond acceptors (Lipinski definition) is 3. The highest BCUT2D eigenvalue weighted by Crippen LogP contribution is 2.41. The summed E-state index contributed by atoms with van der Waals surface area (Å²) in [6, 6.07) is 6.09. The predicted octanol–water partition coefficient (Wildman–Crippen LogP) is 3.13. The highest BCUT2D eigenvalue weighted by Gasteiger charge is 2.27. The number of aliphatic hydroxyl groups is 1. The highest BCUT2D eigenvalue weighted by atomic mass is 19.1. The zero-order valence-corrected chi connectivity index (χ0v) is 11.7. The maximum atomic E-state index is 14.2. The van der Waals surface area contributed by atoms with Crippen molar-refractivity contribution in [3.63, 3.8) is 0 Å². The van der Waals surface area contributed by atoms with Crippen molar-refractivity contribution in [2.45, 2.75) is 19.1 Å². The van der Waals surface area contributed by atoms with E-state index in [4.69, 9.17) is 14.6 Å². The van der Waals surface area contributed by atoms with Crippen LogP contribution in [0.25, 0.3) is 11.1 Å². The van der Waals surface area contributed by atoms with Gasteiger partial charge in [-0.25, -0.2) is 8.78 Å². The number of aliphatic hydroxyl groups excluding tert-OH is 1. The van der Waals surface area contributed by atoms with Crippen molar-refractivity contribution >= 4 is 0 Å². The molecule has 1 fully saturated rings. The average molecular weight is 304 g/mol. The van der Waals surface area contributed by atoms with Gasteiger partial charge in [0.15, 0.2) is 0 Å². The van der Waals surface area contributed by atoms with Gasteiger partial charge in [-0.2, -0.15) is 0 Å². The second kappa shape index (κ2) is 5.04. The summed E-state index contributed by atoms with van der Waals surface area (Å²) in [4.78, 5) is 0. The van der Waals surface area contributed by atoms with Crippen LogP contribution in [0.3, 0.4) is 0 Å². The molecule has 3 nitrogen and oxygen atoms in total. The summed E-state index contributed by atoms with van der Waals surface area (Å²) < 4.78 is 38.9. The van der Waals surface area contributed by atoms with E-state index in [2.05, 4.69) is 0 Å². The lowest BCUT2D eigenvalue weighted by molar-refractivity contribution is 0.00703. The maximum Gasteiger partial charge on any atom is 0.129 e. The average Bonchev–Trinajstić information content (AvgIpc) is 2.46. The number of fused-ring (bicyclic) bond motifs is 3. The van der Waals surface area contributed by atoms with Crippen LogP contribution in [0.1, 0.15) is 22.6 Å². The van der Waals surface area contributed by atoms with Crippen LogP contribution < -0.4 is 4.74 Å². The largest absolute Gasteiger partial charge is 0.488 e. The van der Waals surface area contributed by atoms with Gasteiger partial charge < -0.3 is 14.6 Å². The standard InChI is InChI=1S/C17H14F2O3/c18-15-4-14-12-3-13(11-6-21-7-11)16(19)1-10(12)8-22-17(14)2-9(15)5-20/h1-4,11,20H,5-8H2. The number of halogens is 2. The predicted molar refractivity (Wildman–Crippen MR) is 75.6 cm³/mol. The molecule has 0 radical (unpaired) electrons. The molecule has 4 rings (SSSR count). The van der Waals surface area contributed by atoms with Crippen molar-refractivity contribution in [2.75, 3.05) is 13.2 Å². The van der Waals surface area contributed by atoms with Crippen molar-refractivity contribution in [3.8, 4) is 16.9 Å². The van der Waals surface area contributed by atoms with Crippen LogP contribution in [0.4, 0.5) is 8.78 Å². The lowest BCUT2D eigenvalue weighted by atomic mass is 9.89. The summed E-state index contributed by atoms with van der Waals surface area (Å²) in [5.41, 5.74) is 2.87. The van der Waals surface area contributed by atoms with Gasteiger partial charge in [-0.3, -0.25) is 0 Å². The van der Waals surface area contributed by atoms with Crippen molar-refractivity contribution in [1.29, 1.82) is 0 Å². The lowest BCUT2D eigenvalue weighted by Crippen LogP contribution is -2.26. The van der Waals surface area contributed by atoms with E-state index in [0.717, 1.165) is 5.56 Å².